The smallest absolute Gasteiger partial charge is 0.304 e. The minimum absolute atomic E-state index is 0.0210. The molecule has 2 saturated heterocycles. The number of sulfonamides is 1. The number of nitrogens with one attached hydrogen (secondary N) is 1. The van der Waals surface area contributed by atoms with Crippen molar-refractivity contribution >= 4 is 45.1 Å². The van der Waals surface area contributed by atoms with E-state index >= 15 is 0 Å². The molecule has 2 heterocycles. The Kier molecular flexibility index (Phi) is 9.83. The van der Waals surface area contributed by atoms with E-state index in [4.69, 9.17) is 23.2 Å². The number of amides is 1. The van der Waals surface area contributed by atoms with Gasteiger partial charge in [-0.2, -0.15) is 4.31 Å². The Labute approximate surface area is 246 Å². The van der Waals surface area contributed by atoms with Gasteiger partial charge in [-0.1, -0.05) is 61.3 Å². The molecule has 2 aromatic rings. The molecule has 0 saturated carbocycles. The van der Waals surface area contributed by atoms with E-state index < -0.39 is 21.9 Å². The summed E-state index contributed by atoms with van der Waals surface area (Å²) in [6.45, 7) is 6.26. The molecule has 0 radical (unpaired) electrons. The number of carboxylic acid groups (broad SMARTS) is 1. The van der Waals surface area contributed by atoms with Gasteiger partial charge in [0, 0.05) is 60.1 Å². The fourth-order valence-corrected chi connectivity index (χ4v) is 7.49. The number of hydrogen-bond acceptors (Lipinski definition) is 5. The fraction of sp³-hybridized carbons (Fsp3) is 0.517. The molecule has 1 amide bonds. The first-order valence-corrected chi connectivity index (χ1v) is 16.2. The SMILES string of the molecule is CC(C(C)C(c1ccc(Cl)cc1)N1CCN(S(C)(=O)=O)CC1)C1NC(=O)C(CC(=O)O)CC1c1cccc(Cl)c1. The number of piperazine rings is 1. The standard InChI is InChI=1S/C29H37Cl2N3O5S/c1-18(27-25(21-5-4-6-24(31)15-21)16-22(17-26(35)36)29(37)32-27)19(2)28(20-7-9-23(30)10-8-20)33-11-13-34(14-12-33)40(3,38)39/h4-10,15,18-19,22,25,27-28H,11-14,16-17H2,1-3H3,(H,32,37)(H,35,36). The zero-order chi connectivity index (χ0) is 29.2. The molecule has 0 aliphatic carbocycles. The van der Waals surface area contributed by atoms with Crippen LogP contribution in [0.3, 0.4) is 0 Å². The second-order valence-corrected chi connectivity index (χ2v) is 14.0. The first-order chi connectivity index (χ1) is 18.8. The fourth-order valence-electron chi connectivity index (χ4n) is 6.34. The number of carbonyl (C=O) groups is 2. The number of aliphatic carboxylic acids is 1. The molecular weight excluding hydrogens is 573 g/mol. The van der Waals surface area contributed by atoms with E-state index in [9.17, 15) is 23.1 Å². The van der Waals surface area contributed by atoms with E-state index in [0.29, 0.717) is 42.6 Å². The zero-order valence-electron chi connectivity index (χ0n) is 23.0. The van der Waals surface area contributed by atoms with Crippen molar-refractivity contribution in [1.29, 1.82) is 0 Å². The van der Waals surface area contributed by atoms with Crippen molar-refractivity contribution < 1.29 is 23.1 Å². The minimum Gasteiger partial charge on any atom is -0.481 e. The molecule has 40 heavy (non-hydrogen) atoms. The Morgan fingerprint density at radius 2 is 1.70 bits per heavy atom. The van der Waals surface area contributed by atoms with Gasteiger partial charge >= 0.3 is 5.97 Å². The number of benzene rings is 2. The van der Waals surface area contributed by atoms with Gasteiger partial charge in [0.15, 0.2) is 0 Å². The Bertz CT molecular complexity index is 1320. The van der Waals surface area contributed by atoms with Gasteiger partial charge in [-0.15, -0.1) is 0 Å². The van der Waals surface area contributed by atoms with Crippen LogP contribution in [-0.2, 0) is 19.6 Å². The van der Waals surface area contributed by atoms with Gasteiger partial charge < -0.3 is 10.4 Å². The van der Waals surface area contributed by atoms with Crippen molar-refractivity contribution in [2.24, 2.45) is 17.8 Å². The van der Waals surface area contributed by atoms with Crippen LogP contribution in [0.1, 0.15) is 49.8 Å². The molecule has 6 unspecified atom stereocenters. The first kappa shape index (κ1) is 30.8. The van der Waals surface area contributed by atoms with Gasteiger partial charge in [0.05, 0.1) is 12.7 Å². The number of rotatable bonds is 9. The first-order valence-electron chi connectivity index (χ1n) is 13.6. The zero-order valence-corrected chi connectivity index (χ0v) is 25.3. The number of halogens is 2. The molecule has 2 aliphatic rings. The average molecular weight is 611 g/mol. The van der Waals surface area contributed by atoms with Crippen LogP contribution in [0.4, 0.5) is 0 Å². The van der Waals surface area contributed by atoms with E-state index in [-0.39, 0.29) is 42.2 Å². The number of nitrogens with zero attached hydrogens (tertiary/aromatic N) is 2. The van der Waals surface area contributed by atoms with Crippen molar-refractivity contribution in [3.63, 3.8) is 0 Å². The maximum atomic E-state index is 13.1. The Morgan fingerprint density at radius 1 is 1.05 bits per heavy atom. The normalized spacial score (nSPS) is 25.1. The molecule has 218 valence electrons. The van der Waals surface area contributed by atoms with E-state index in [1.54, 1.807) is 6.07 Å². The number of hydrogen-bond donors (Lipinski definition) is 2. The topological polar surface area (TPSA) is 107 Å². The highest BCUT2D eigenvalue weighted by molar-refractivity contribution is 7.88. The Hall–Kier alpha value is -2.17. The molecule has 2 N–H and O–H groups in total. The van der Waals surface area contributed by atoms with E-state index in [2.05, 4.69) is 24.1 Å². The molecule has 0 spiro atoms. The summed E-state index contributed by atoms with van der Waals surface area (Å²) in [6.07, 6.45) is 1.43. The molecule has 11 heteroatoms. The summed E-state index contributed by atoms with van der Waals surface area (Å²) < 4.78 is 25.8. The highest BCUT2D eigenvalue weighted by atomic mass is 35.5. The Balaban J connectivity index is 1.66. The molecule has 2 aromatic carbocycles. The number of carbonyl (C=O) groups excluding carboxylic acids is 1. The minimum atomic E-state index is -3.27. The van der Waals surface area contributed by atoms with E-state index in [0.717, 1.165) is 11.1 Å². The third-order valence-electron chi connectivity index (χ3n) is 8.59. The lowest BCUT2D eigenvalue weighted by atomic mass is 9.70. The molecule has 4 rings (SSSR count). The van der Waals surface area contributed by atoms with Crippen molar-refractivity contribution in [2.75, 3.05) is 32.4 Å². The highest BCUT2D eigenvalue weighted by Gasteiger charge is 2.43. The second-order valence-electron chi connectivity index (χ2n) is 11.1. The molecule has 2 aliphatic heterocycles. The highest BCUT2D eigenvalue weighted by Crippen LogP contribution is 2.43. The van der Waals surface area contributed by atoms with Gasteiger partial charge in [0.1, 0.15) is 0 Å². The van der Waals surface area contributed by atoms with Gasteiger partial charge in [-0.3, -0.25) is 14.5 Å². The monoisotopic (exact) mass is 609 g/mol. The van der Waals surface area contributed by atoms with Crippen LogP contribution in [0.2, 0.25) is 10.0 Å². The quantitative estimate of drug-likeness (QED) is 0.429. The third-order valence-corrected chi connectivity index (χ3v) is 10.4. The third kappa shape index (κ3) is 7.18. The van der Waals surface area contributed by atoms with Gasteiger partial charge in [0.2, 0.25) is 15.9 Å². The summed E-state index contributed by atoms with van der Waals surface area (Å²) in [5.74, 6) is -1.97. The lowest BCUT2D eigenvalue weighted by Crippen LogP contribution is -2.55. The van der Waals surface area contributed by atoms with Crippen LogP contribution in [0, 0.1) is 17.8 Å². The van der Waals surface area contributed by atoms with Crippen molar-refractivity contribution in [3.05, 3.63) is 69.7 Å². The van der Waals surface area contributed by atoms with Crippen LogP contribution < -0.4 is 5.32 Å². The summed E-state index contributed by atoms with van der Waals surface area (Å²) in [4.78, 5) is 27.0. The molecule has 0 bridgehead atoms. The molecule has 8 nitrogen and oxygen atoms in total. The van der Waals surface area contributed by atoms with Crippen molar-refractivity contribution in [3.8, 4) is 0 Å². The maximum absolute atomic E-state index is 13.1. The Morgan fingerprint density at radius 3 is 2.27 bits per heavy atom. The maximum Gasteiger partial charge on any atom is 0.304 e. The predicted molar refractivity (Wildman–Crippen MR) is 157 cm³/mol. The molecule has 0 aromatic heterocycles. The van der Waals surface area contributed by atoms with E-state index in [1.165, 1.54) is 10.6 Å². The summed E-state index contributed by atoms with van der Waals surface area (Å²) in [6, 6.07) is 15.0. The second kappa shape index (κ2) is 12.8. The van der Waals surface area contributed by atoms with Gasteiger partial charge in [-0.25, -0.2) is 8.42 Å². The van der Waals surface area contributed by atoms with Gasteiger partial charge in [0.25, 0.3) is 0 Å². The lowest BCUT2D eigenvalue weighted by Gasteiger charge is -2.46. The molecule has 6 atom stereocenters. The number of piperidine rings is 1. The largest absolute Gasteiger partial charge is 0.481 e. The molecule has 2 fully saturated rings. The summed E-state index contributed by atoms with van der Waals surface area (Å²) in [5, 5.41) is 13.8. The van der Waals surface area contributed by atoms with Crippen LogP contribution in [0.25, 0.3) is 0 Å². The van der Waals surface area contributed by atoms with Crippen molar-refractivity contribution in [2.45, 2.75) is 44.7 Å². The lowest BCUT2D eigenvalue weighted by molar-refractivity contribution is -0.142. The van der Waals surface area contributed by atoms with Gasteiger partial charge in [-0.05, 0) is 53.6 Å². The predicted octanol–water partition coefficient (Wildman–Crippen LogP) is 4.65. The number of carboxylic acids is 1. The van der Waals surface area contributed by atoms with Crippen LogP contribution in [-0.4, -0.2) is 73.1 Å². The summed E-state index contributed by atoms with van der Waals surface area (Å²) in [5.41, 5.74) is 2.04. The van der Waals surface area contributed by atoms with Crippen LogP contribution in [0.15, 0.2) is 48.5 Å². The van der Waals surface area contributed by atoms with Crippen LogP contribution in [0.5, 0.6) is 0 Å². The summed E-state index contributed by atoms with van der Waals surface area (Å²) >= 11 is 12.6. The van der Waals surface area contributed by atoms with Crippen LogP contribution >= 0.6 is 23.2 Å². The van der Waals surface area contributed by atoms with E-state index in [1.807, 2.05) is 42.5 Å². The summed E-state index contributed by atoms with van der Waals surface area (Å²) in [7, 11) is -3.27. The van der Waals surface area contributed by atoms with Crippen molar-refractivity contribution in [1.82, 2.24) is 14.5 Å². The molecular formula is C29H37Cl2N3O5S. The average Bonchev–Trinajstić information content (AvgIpc) is 2.90.